The number of amides is 1. The summed E-state index contributed by atoms with van der Waals surface area (Å²) in [5, 5.41) is 8.72. The van der Waals surface area contributed by atoms with Gasteiger partial charge in [-0.05, 0) is 11.6 Å². The lowest BCUT2D eigenvalue weighted by Gasteiger charge is -2.17. The second-order valence-corrected chi connectivity index (χ2v) is 4.15. The van der Waals surface area contributed by atoms with E-state index in [0.717, 1.165) is 11.3 Å². The molecule has 0 bridgehead atoms. The molecule has 3 rings (SSSR count). The molecule has 2 heterocycles. The van der Waals surface area contributed by atoms with Gasteiger partial charge in [0, 0.05) is 11.9 Å². The van der Waals surface area contributed by atoms with Gasteiger partial charge >= 0.3 is 0 Å². The molecule has 0 unspecified atom stereocenters. The Morgan fingerprint density at radius 1 is 1.39 bits per heavy atom. The van der Waals surface area contributed by atoms with Crippen molar-refractivity contribution in [1.82, 2.24) is 9.55 Å². The van der Waals surface area contributed by atoms with E-state index in [-0.39, 0.29) is 5.91 Å². The number of carbonyl (C=O) groups is 1. The van der Waals surface area contributed by atoms with E-state index >= 15 is 0 Å². The molecule has 0 saturated heterocycles. The van der Waals surface area contributed by atoms with Gasteiger partial charge in [0.15, 0.2) is 5.69 Å². The third-order valence-electron chi connectivity index (χ3n) is 2.98. The van der Waals surface area contributed by atoms with E-state index in [1.165, 1.54) is 0 Å². The van der Waals surface area contributed by atoms with Crippen molar-refractivity contribution in [1.29, 1.82) is 5.26 Å². The summed E-state index contributed by atoms with van der Waals surface area (Å²) in [4.78, 5) is 17.6. The quantitative estimate of drug-likeness (QED) is 0.792. The molecule has 0 saturated carbocycles. The summed E-state index contributed by atoms with van der Waals surface area (Å²) in [6, 6.07) is 9.71. The average Bonchev–Trinajstić information content (AvgIpc) is 2.96. The van der Waals surface area contributed by atoms with Crippen LogP contribution >= 0.6 is 0 Å². The number of hydrogen-bond acceptors (Lipinski definition) is 3. The van der Waals surface area contributed by atoms with Gasteiger partial charge in [-0.2, -0.15) is 5.26 Å². The number of imidazole rings is 1. The van der Waals surface area contributed by atoms with E-state index in [0.29, 0.717) is 18.8 Å². The third-order valence-corrected chi connectivity index (χ3v) is 2.98. The molecule has 1 aliphatic heterocycles. The van der Waals surface area contributed by atoms with Crippen molar-refractivity contribution in [3.05, 3.63) is 48.0 Å². The van der Waals surface area contributed by atoms with Gasteiger partial charge in [0.25, 0.3) is 0 Å². The van der Waals surface area contributed by atoms with Crippen LogP contribution in [0.3, 0.4) is 0 Å². The maximum Gasteiger partial charge on any atom is 0.232 e. The average molecular weight is 238 g/mol. The first kappa shape index (κ1) is 10.5. The van der Waals surface area contributed by atoms with Crippen LogP contribution in [-0.4, -0.2) is 15.5 Å². The van der Waals surface area contributed by atoms with Crippen LogP contribution in [0.4, 0.5) is 5.69 Å². The SMILES string of the molecule is N#Cc1cn(CN2C(=O)Cc3ccccc32)cn1. The van der Waals surface area contributed by atoms with Crippen LogP contribution in [0.2, 0.25) is 0 Å². The number of hydrogen-bond donors (Lipinski definition) is 0. The van der Waals surface area contributed by atoms with Crippen molar-refractivity contribution in [2.75, 3.05) is 4.90 Å². The number of benzene rings is 1. The summed E-state index contributed by atoms with van der Waals surface area (Å²) in [5.41, 5.74) is 2.34. The minimum atomic E-state index is 0.0726. The molecule has 1 amide bonds. The maximum absolute atomic E-state index is 11.9. The van der Waals surface area contributed by atoms with Crippen LogP contribution in [0.5, 0.6) is 0 Å². The molecule has 5 heteroatoms. The number of rotatable bonds is 2. The molecule has 5 nitrogen and oxygen atoms in total. The molecule has 1 aliphatic rings. The van der Waals surface area contributed by atoms with Crippen molar-refractivity contribution in [2.24, 2.45) is 0 Å². The normalized spacial score (nSPS) is 13.5. The number of para-hydroxylation sites is 1. The molecule has 0 N–H and O–H groups in total. The summed E-state index contributed by atoms with van der Waals surface area (Å²) in [6.45, 7) is 0.393. The molecule has 0 atom stereocenters. The van der Waals surface area contributed by atoms with E-state index in [9.17, 15) is 4.79 Å². The van der Waals surface area contributed by atoms with Gasteiger partial charge in [0.05, 0.1) is 12.7 Å². The van der Waals surface area contributed by atoms with Crippen LogP contribution in [0, 0.1) is 11.3 Å². The minimum absolute atomic E-state index is 0.0726. The number of anilines is 1. The van der Waals surface area contributed by atoms with Crippen molar-refractivity contribution >= 4 is 11.6 Å². The van der Waals surface area contributed by atoms with Gasteiger partial charge in [0.1, 0.15) is 12.7 Å². The molecule has 1 aromatic carbocycles. The molecular weight excluding hydrogens is 228 g/mol. The van der Waals surface area contributed by atoms with Crippen LogP contribution in [0.15, 0.2) is 36.8 Å². The second-order valence-electron chi connectivity index (χ2n) is 4.15. The molecule has 1 aromatic heterocycles. The van der Waals surface area contributed by atoms with Crippen molar-refractivity contribution in [3.63, 3.8) is 0 Å². The van der Waals surface area contributed by atoms with Crippen LogP contribution in [-0.2, 0) is 17.9 Å². The fourth-order valence-electron chi connectivity index (χ4n) is 2.13. The van der Waals surface area contributed by atoms with E-state index in [4.69, 9.17) is 5.26 Å². The van der Waals surface area contributed by atoms with E-state index < -0.39 is 0 Å². The smallest absolute Gasteiger partial charge is 0.232 e. The summed E-state index contributed by atoms with van der Waals surface area (Å²) in [6.07, 6.45) is 3.64. The summed E-state index contributed by atoms with van der Waals surface area (Å²) < 4.78 is 1.73. The zero-order valence-electron chi connectivity index (χ0n) is 9.58. The summed E-state index contributed by atoms with van der Waals surface area (Å²) >= 11 is 0. The van der Waals surface area contributed by atoms with Gasteiger partial charge in [-0.15, -0.1) is 0 Å². The van der Waals surface area contributed by atoms with Crippen molar-refractivity contribution in [2.45, 2.75) is 13.1 Å². The predicted octanol–water partition coefficient (Wildman–Crippen LogP) is 1.30. The first-order valence-corrected chi connectivity index (χ1v) is 5.58. The number of nitrogens with zero attached hydrogens (tertiary/aromatic N) is 4. The fourth-order valence-corrected chi connectivity index (χ4v) is 2.13. The highest BCUT2D eigenvalue weighted by atomic mass is 16.2. The van der Waals surface area contributed by atoms with Gasteiger partial charge in [-0.25, -0.2) is 4.98 Å². The number of fused-ring (bicyclic) bond motifs is 1. The molecule has 18 heavy (non-hydrogen) atoms. The van der Waals surface area contributed by atoms with Gasteiger partial charge in [-0.1, -0.05) is 18.2 Å². The zero-order chi connectivity index (χ0) is 12.5. The van der Waals surface area contributed by atoms with Crippen molar-refractivity contribution in [3.8, 4) is 6.07 Å². The Morgan fingerprint density at radius 3 is 3.00 bits per heavy atom. The van der Waals surface area contributed by atoms with Gasteiger partial charge in [-0.3, -0.25) is 9.69 Å². The molecule has 0 fully saturated rings. The Morgan fingerprint density at radius 2 is 2.22 bits per heavy atom. The van der Waals surface area contributed by atoms with Gasteiger partial charge in [0.2, 0.25) is 5.91 Å². The highest BCUT2D eigenvalue weighted by Crippen LogP contribution is 2.28. The number of carbonyl (C=O) groups excluding carboxylic acids is 1. The van der Waals surface area contributed by atoms with Crippen LogP contribution in [0.25, 0.3) is 0 Å². The lowest BCUT2D eigenvalue weighted by Crippen LogP contribution is -2.28. The minimum Gasteiger partial charge on any atom is -0.317 e. The van der Waals surface area contributed by atoms with Crippen LogP contribution in [0.1, 0.15) is 11.3 Å². The zero-order valence-corrected chi connectivity index (χ0v) is 9.58. The molecule has 88 valence electrons. The van der Waals surface area contributed by atoms with E-state index in [1.807, 2.05) is 30.3 Å². The predicted molar refractivity (Wildman–Crippen MR) is 64.6 cm³/mol. The van der Waals surface area contributed by atoms with Crippen LogP contribution < -0.4 is 4.90 Å². The Hall–Kier alpha value is -2.61. The molecule has 0 aliphatic carbocycles. The Bertz CT molecular complexity index is 653. The standard InChI is InChI=1S/C13H10N4O/c14-6-11-7-16(8-15-11)9-17-12-4-2-1-3-10(12)5-13(17)18/h1-4,7-8H,5,9H2. The molecular formula is C13H10N4O. The Labute approximate surface area is 104 Å². The first-order chi connectivity index (χ1) is 8.78. The maximum atomic E-state index is 11.9. The summed E-state index contributed by atoms with van der Waals surface area (Å²) in [5.74, 6) is 0.0726. The largest absolute Gasteiger partial charge is 0.317 e. The fraction of sp³-hybridized carbons (Fsp3) is 0.154. The number of aromatic nitrogens is 2. The lowest BCUT2D eigenvalue weighted by atomic mass is 10.2. The molecule has 0 spiro atoms. The van der Waals surface area contributed by atoms with E-state index in [1.54, 1.807) is 22.0 Å². The van der Waals surface area contributed by atoms with Crippen molar-refractivity contribution < 1.29 is 4.79 Å². The highest BCUT2D eigenvalue weighted by Gasteiger charge is 2.26. The lowest BCUT2D eigenvalue weighted by molar-refractivity contribution is -0.117. The second kappa shape index (κ2) is 4.00. The molecule has 2 aromatic rings. The Kier molecular flexibility index (Phi) is 2.34. The molecule has 0 radical (unpaired) electrons. The first-order valence-electron chi connectivity index (χ1n) is 5.58. The topological polar surface area (TPSA) is 61.9 Å². The van der Waals surface area contributed by atoms with Gasteiger partial charge < -0.3 is 4.57 Å². The number of nitriles is 1. The summed E-state index contributed by atoms with van der Waals surface area (Å²) in [7, 11) is 0. The highest BCUT2D eigenvalue weighted by molar-refractivity contribution is 6.00. The monoisotopic (exact) mass is 238 g/mol. The van der Waals surface area contributed by atoms with E-state index in [2.05, 4.69) is 4.98 Å². The Balaban J connectivity index is 1.89. The third kappa shape index (κ3) is 1.64.